The van der Waals surface area contributed by atoms with Gasteiger partial charge in [-0.1, -0.05) is 29.3 Å². The van der Waals surface area contributed by atoms with Crippen LogP contribution in [0, 0.1) is 25.2 Å². The summed E-state index contributed by atoms with van der Waals surface area (Å²) < 4.78 is 15.7. The third-order valence-corrected chi connectivity index (χ3v) is 5.78. The molecule has 10 heteroatoms. The molecule has 0 atom stereocenters. The number of rotatable bonds is 9. The Morgan fingerprint density at radius 1 is 1.00 bits per heavy atom. The van der Waals surface area contributed by atoms with Crippen LogP contribution >= 0.6 is 11.6 Å². The lowest BCUT2D eigenvalue weighted by atomic mass is 10.1. The van der Waals surface area contributed by atoms with Crippen LogP contribution in [0.25, 0.3) is 6.08 Å². The number of ether oxygens (including phenoxy) is 3. The Bertz CT molecular complexity index is 1480. The van der Waals surface area contributed by atoms with E-state index in [4.69, 9.17) is 21.1 Å². The van der Waals surface area contributed by atoms with Gasteiger partial charge in [-0.3, -0.25) is 9.59 Å². The fourth-order valence-corrected chi connectivity index (χ4v) is 3.84. The Morgan fingerprint density at radius 2 is 1.72 bits per heavy atom. The number of amides is 2. The average molecular weight is 548 g/mol. The Hall–Kier alpha value is -4.81. The second-order valence-corrected chi connectivity index (χ2v) is 8.79. The van der Waals surface area contributed by atoms with Crippen molar-refractivity contribution in [1.82, 2.24) is 0 Å². The summed E-state index contributed by atoms with van der Waals surface area (Å²) in [5, 5.41) is 15.1. The molecule has 0 aliphatic rings. The van der Waals surface area contributed by atoms with Gasteiger partial charge in [0, 0.05) is 11.4 Å². The van der Waals surface area contributed by atoms with Gasteiger partial charge in [-0.2, -0.15) is 5.26 Å². The van der Waals surface area contributed by atoms with Crippen LogP contribution in [0.15, 0.2) is 60.2 Å². The standard InChI is InChI=1S/C29H26ClN3O6/c1-17-5-10-24(18(2)11-17)33-26(34)16-39-27-23(30)13-19(14-25(27)37-3)12-21(15-31)28(35)32-22-8-6-20(7-9-22)29(36)38-4/h5-14H,16H2,1-4H3,(H,32,35)(H,33,34)/b21-12-. The Kier molecular flexibility index (Phi) is 9.68. The minimum atomic E-state index is -0.665. The second kappa shape index (κ2) is 13.1. The summed E-state index contributed by atoms with van der Waals surface area (Å²) in [6.07, 6.45) is 1.34. The van der Waals surface area contributed by atoms with E-state index in [1.54, 1.807) is 0 Å². The number of hydrogen-bond acceptors (Lipinski definition) is 7. The zero-order valence-corrected chi connectivity index (χ0v) is 22.5. The third kappa shape index (κ3) is 7.60. The second-order valence-electron chi connectivity index (χ2n) is 8.38. The van der Waals surface area contributed by atoms with Crippen molar-refractivity contribution in [3.8, 4) is 17.6 Å². The van der Waals surface area contributed by atoms with E-state index in [9.17, 15) is 19.6 Å². The van der Waals surface area contributed by atoms with Gasteiger partial charge in [-0.15, -0.1) is 0 Å². The zero-order chi connectivity index (χ0) is 28.5. The molecule has 0 heterocycles. The lowest BCUT2D eigenvalue weighted by molar-refractivity contribution is -0.118. The van der Waals surface area contributed by atoms with Gasteiger partial charge in [0.25, 0.3) is 11.8 Å². The van der Waals surface area contributed by atoms with Crippen molar-refractivity contribution in [1.29, 1.82) is 5.26 Å². The molecule has 0 aliphatic carbocycles. The highest BCUT2D eigenvalue weighted by atomic mass is 35.5. The van der Waals surface area contributed by atoms with Gasteiger partial charge in [0.15, 0.2) is 18.1 Å². The number of anilines is 2. The predicted molar refractivity (Wildman–Crippen MR) is 148 cm³/mol. The van der Waals surface area contributed by atoms with Crippen molar-refractivity contribution in [2.45, 2.75) is 13.8 Å². The van der Waals surface area contributed by atoms with Crippen LogP contribution in [0.4, 0.5) is 11.4 Å². The predicted octanol–water partition coefficient (Wildman–Crippen LogP) is 5.32. The van der Waals surface area contributed by atoms with Gasteiger partial charge < -0.3 is 24.8 Å². The summed E-state index contributed by atoms with van der Waals surface area (Å²) in [6.45, 7) is 3.54. The van der Waals surface area contributed by atoms with Crippen LogP contribution in [0.1, 0.15) is 27.0 Å². The number of carbonyl (C=O) groups excluding carboxylic acids is 3. The highest BCUT2D eigenvalue weighted by molar-refractivity contribution is 6.32. The number of halogens is 1. The molecule has 0 spiro atoms. The Morgan fingerprint density at radius 3 is 2.33 bits per heavy atom. The van der Waals surface area contributed by atoms with Gasteiger partial charge in [-0.25, -0.2) is 4.79 Å². The summed E-state index contributed by atoms with van der Waals surface area (Å²) in [7, 11) is 2.67. The van der Waals surface area contributed by atoms with Gasteiger partial charge in [0.1, 0.15) is 11.6 Å². The molecule has 0 unspecified atom stereocenters. The fourth-order valence-electron chi connectivity index (χ4n) is 3.56. The highest BCUT2D eigenvalue weighted by Gasteiger charge is 2.16. The first kappa shape index (κ1) is 28.8. The molecule has 39 heavy (non-hydrogen) atoms. The first-order valence-corrected chi connectivity index (χ1v) is 12.0. The molecule has 0 saturated carbocycles. The van der Waals surface area contributed by atoms with Crippen LogP contribution in [0.2, 0.25) is 5.02 Å². The Labute approximate surface area is 230 Å². The van der Waals surface area contributed by atoms with Crippen LogP contribution in [0.3, 0.4) is 0 Å². The molecule has 2 amide bonds. The lowest BCUT2D eigenvalue weighted by Crippen LogP contribution is -2.21. The first-order valence-electron chi connectivity index (χ1n) is 11.6. The van der Waals surface area contributed by atoms with E-state index in [1.807, 2.05) is 38.1 Å². The van der Waals surface area contributed by atoms with Crippen LogP contribution in [-0.2, 0) is 14.3 Å². The van der Waals surface area contributed by atoms with Crippen molar-refractivity contribution in [3.63, 3.8) is 0 Å². The molecule has 9 nitrogen and oxygen atoms in total. The van der Waals surface area contributed by atoms with Crippen molar-refractivity contribution >= 4 is 46.8 Å². The molecule has 200 valence electrons. The maximum absolute atomic E-state index is 12.7. The van der Waals surface area contributed by atoms with Crippen molar-refractivity contribution in [3.05, 3.63) is 87.4 Å². The molecule has 2 N–H and O–H groups in total. The largest absolute Gasteiger partial charge is 0.493 e. The van der Waals surface area contributed by atoms with Gasteiger partial charge >= 0.3 is 5.97 Å². The minimum absolute atomic E-state index is 0.121. The monoisotopic (exact) mass is 547 g/mol. The van der Waals surface area contributed by atoms with E-state index in [2.05, 4.69) is 15.4 Å². The molecule has 3 aromatic carbocycles. The number of hydrogen-bond donors (Lipinski definition) is 2. The normalized spacial score (nSPS) is 10.7. The number of methoxy groups -OCH3 is 2. The molecular weight excluding hydrogens is 522 g/mol. The van der Waals surface area contributed by atoms with E-state index in [-0.39, 0.29) is 34.6 Å². The van der Waals surface area contributed by atoms with Gasteiger partial charge in [-0.05, 0) is 73.5 Å². The quantitative estimate of drug-likeness (QED) is 0.211. The average Bonchev–Trinajstić information content (AvgIpc) is 2.92. The van der Waals surface area contributed by atoms with E-state index < -0.39 is 11.9 Å². The van der Waals surface area contributed by atoms with E-state index in [0.717, 1.165) is 11.1 Å². The molecule has 0 radical (unpaired) electrons. The number of nitriles is 1. The fraction of sp³-hybridized carbons (Fsp3) is 0.172. The maximum atomic E-state index is 12.7. The summed E-state index contributed by atoms with van der Waals surface area (Å²) in [4.78, 5) is 36.7. The summed E-state index contributed by atoms with van der Waals surface area (Å²) in [5.41, 5.74) is 3.58. The van der Waals surface area contributed by atoms with Crippen LogP contribution < -0.4 is 20.1 Å². The van der Waals surface area contributed by atoms with Crippen LogP contribution in [-0.4, -0.2) is 38.6 Å². The Balaban J connectivity index is 1.72. The highest BCUT2D eigenvalue weighted by Crippen LogP contribution is 2.37. The molecule has 3 aromatic rings. The zero-order valence-electron chi connectivity index (χ0n) is 21.8. The molecular formula is C29H26ClN3O6. The van der Waals surface area contributed by atoms with Crippen molar-refractivity contribution < 1.29 is 28.6 Å². The third-order valence-electron chi connectivity index (χ3n) is 5.50. The smallest absolute Gasteiger partial charge is 0.337 e. The molecule has 0 aliphatic heterocycles. The molecule has 0 saturated heterocycles. The van der Waals surface area contributed by atoms with Gasteiger partial charge in [0.2, 0.25) is 0 Å². The first-order chi connectivity index (χ1) is 18.6. The number of nitrogens with zero attached hydrogens (tertiary/aromatic N) is 1. The van der Waals surface area contributed by atoms with Crippen molar-refractivity contribution in [2.75, 3.05) is 31.5 Å². The molecule has 0 fully saturated rings. The molecule has 0 bridgehead atoms. The topological polar surface area (TPSA) is 127 Å². The van der Waals surface area contributed by atoms with Crippen LogP contribution in [0.5, 0.6) is 11.5 Å². The number of benzene rings is 3. The van der Waals surface area contributed by atoms with Crippen molar-refractivity contribution in [2.24, 2.45) is 0 Å². The number of aryl methyl sites for hydroxylation is 2. The summed E-state index contributed by atoms with van der Waals surface area (Å²) in [5.74, 6) is -1.20. The van der Waals surface area contributed by atoms with E-state index in [0.29, 0.717) is 22.5 Å². The number of esters is 1. The number of carbonyl (C=O) groups is 3. The van der Waals surface area contributed by atoms with E-state index >= 15 is 0 Å². The SMILES string of the molecule is COC(=O)c1ccc(NC(=O)/C(C#N)=C\c2cc(Cl)c(OCC(=O)Nc3ccc(C)cc3C)c(OC)c2)cc1. The van der Waals surface area contributed by atoms with E-state index in [1.165, 1.54) is 56.7 Å². The number of nitrogens with one attached hydrogen (secondary N) is 2. The summed E-state index contributed by atoms with van der Waals surface area (Å²) in [6, 6.07) is 16.5. The maximum Gasteiger partial charge on any atom is 0.337 e. The van der Waals surface area contributed by atoms with Gasteiger partial charge in [0.05, 0.1) is 24.8 Å². The minimum Gasteiger partial charge on any atom is -0.493 e. The molecule has 3 rings (SSSR count). The lowest BCUT2D eigenvalue weighted by Gasteiger charge is -2.14. The summed E-state index contributed by atoms with van der Waals surface area (Å²) >= 11 is 6.40. The molecule has 0 aromatic heterocycles.